The van der Waals surface area contributed by atoms with Gasteiger partial charge in [-0.15, -0.1) is 0 Å². The molecule has 1 aromatic carbocycles. The number of rotatable bonds is 3. The normalized spacial score (nSPS) is 25.1. The van der Waals surface area contributed by atoms with Crippen LogP contribution in [0.25, 0.3) is 0 Å². The van der Waals surface area contributed by atoms with Crippen molar-refractivity contribution in [1.29, 1.82) is 0 Å². The van der Waals surface area contributed by atoms with Crippen molar-refractivity contribution in [2.24, 2.45) is 5.92 Å². The zero-order valence-electron chi connectivity index (χ0n) is 9.80. The highest BCUT2D eigenvalue weighted by molar-refractivity contribution is 5.71. The molecule has 0 bridgehead atoms. The van der Waals surface area contributed by atoms with Gasteiger partial charge in [0.05, 0.1) is 5.92 Å². The summed E-state index contributed by atoms with van der Waals surface area (Å²) >= 11 is 0. The highest BCUT2D eigenvalue weighted by Crippen LogP contribution is 2.37. The van der Waals surface area contributed by atoms with Gasteiger partial charge < -0.3 is 19.3 Å². The molecule has 1 saturated carbocycles. The van der Waals surface area contributed by atoms with Gasteiger partial charge in [0, 0.05) is 6.07 Å². The minimum absolute atomic E-state index is 0.222. The van der Waals surface area contributed by atoms with E-state index < -0.39 is 11.9 Å². The Bertz CT molecular complexity index is 470. The van der Waals surface area contributed by atoms with Crippen LogP contribution in [-0.4, -0.2) is 24.0 Å². The van der Waals surface area contributed by atoms with Crippen molar-refractivity contribution < 1.29 is 24.1 Å². The van der Waals surface area contributed by atoms with Crippen molar-refractivity contribution in [3.63, 3.8) is 0 Å². The molecule has 5 heteroatoms. The van der Waals surface area contributed by atoms with Crippen LogP contribution in [0.2, 0.25) is 0 Å². The molecule has 1 N–H and O–H groups in total. The van der Waals surface area contributed by atoms with E-state index in [1.54, 1.807) is 18.2 Å². The summed E-state index contributed by atoms with van der Waals surface area (Å²) in [5, 5.41) is 9.09. The molecule has 1 aliphatic heterocycles. The minimum Gasteiger partial charge on any atom is -0.489 e. The first-order valence-electron chi connectivity index (χ1n) is 6.03. The Morgan fingerprint density at radius 2 is 2.11 bits per heavy atom. The van der Waals surface area contributed by atoms with Gasteiger partial charge in [-0.1, -0.05) is 0 Å². The molecule has 0 saturated heterocycles. The van der Waals surface area contributed by atoms with E-state index in [2.05, 4.69) is 0 Å². The van der Waals surface area contributed by atoms with Crippen LogP contribution in [0.4, 0.5) is 0 Å². The van der Waals surface area contributed by atoms with Gasteiger partial charge in [-0.05, 0) is 31.4 Å². The number of carbonyl (C=O) groups is 1. The fraction of sp³-hybridized carbons (Fsp3) is 0.462. The van der Waals surface area contributed by atoms with Crippen LogP contribution in [0.1, 0.15) is 19.3 Å². The Balaban J connectivity index is 1.74. The second-order valence-electron chi connectivity index (χ2n) is 4.55. The van der Waals surface area contributed by atoms with E-state index in [1.165, 1.54) is 0 Å². The molecule has 1 aromatic rings. The predicted molar refractivity (Wildman–Crippen MR) is 62.0 cm³/mol. The molecule has 0 aromatic heterocycles. The van der Waals surface area contributed by atoms with Crippen LogP contribution in [0, 0.1) is 5.92 Å². The van der Waals surface area contributed by atoms with Gasteiger partial charge in [0.25, 0.3) is 0 Å². The number of hydrogen-bond acceptors (Lipinski definition) is 4. The summed E-state index contributed by atoms with van der Waals surface area (Å²) < 4.78 is 16.2. The summed E-state index contributed by atoms with van der Waals surface area (Å²) in [6, 6.07) is 5.31. The van der Waals surface area contributed by atoms with E-state index in [4.69, 9.17) is 19.3 Å². The van der Waals surface area contributed by atoms with Crippen LogP contribution >= 0.6 is 0 Å². The molecule has 18 heavy (non-hydrogen) atoms. The van der Waals surface area contributed by atoms with Crippen molar-refractivity contribution >= 4 is 5.97 Å². The standard InChI is InChI=1S/C13H14O5/c14-13(15)9-2-1-3-10(9)18-8-4-5-11-12(6-8)17-7-16-11/h4-6,9-10H,1-3,7H2,(H,14,15). The van der Waals surface area contributed by atoms with Crippen LogP contribution in [0.3, 0.4) is 0 Å². The van der Waals surface area contributed by atoms with Gasteiger partial charge in [0.2, 0.25) is 6.79 Å². The monoisotopic (exact) mass is 250 g/mol. The maximum atomic E-state index is 11.1. The fourth-order valence-corrected chi connectivity index (χ4v) is 2.47. The van der Waals surface area contributed by atoms with Crippen molar-refractivity contribution in [3.05, 3.63) is 18.2 Å². The van der Waals surface area contributed by atoms with Crippen molar-refractivity contribution in [2.45, 2.75) is 25.4 Å². The van der Waals surface area contributed by atoms with Crippen molar-refractivity contribution in [1.82, 2.24) is 0 Å². The molecule has 1 fully saturated rings. The van der Waals surface area contributed by atoms with Gasteiger partial charge in [-0.2, -0.15) is 0 Å². The van der Waals surface area contributed by atoms with Gasteiger partial charge in [0.15, 0.2) is 11.5 Å². The molecule has 0 radical (unpaired) electrons. The summed E-state index contributed by atoms with van der Waals surface area (Å²) in [6.45, 7) is 0.222. The lowest BCUT2D eigenvalue weighted by molar-refractivity contribution is -0.143. The maximum absolute atomic E-state index is 11.1. The first kappa shape index (κ1) is 11.2. The third kappa shape index (κ3) is 1.96. The molecule has 5 nitrogen and oxygen atoms in total. The summed E-state index contributed by atoms with van der Waals surface area (Å²) in [6.07, 6.45) is 2.12. The second-order valence-corrected chi connectivity index (χ2v) is 4.55. The third-order valence-corrected chi connectivity index (χ3v) is 3.40. The maximum Gasteiger partial charge on any atom is 0.310 e. The average molecular weight is 250 g/mol. The molecule has 2 atom stereocenters. The Labute approximate surface area is 104 Å². The molecule has 2 unspecified atom stereocenters. The largest absolute Gasteiger partial charge is 0.489 e. The Kier molecular flexibility index (Phi) is 2.74. The number of aliphatic carboxylic acids is 1. The van der Waals surface area contributed by atoms with E-state index in [0.29, 0.717) is 23.7 Å². The van der Waals surface area contributed by atoms with E-state index in [9.17, 15) is 4.79 Å². The van der Waals surface area contributed by atoms with Crippen LogP contribution in [-0.2, 0) is 4.79 Å². The lowest BCUT2D eigenvalue weighted by atomic mass is 10.1. The summed E-state index contributed by atoms with van der Waals surface area (Å²) in [5.74, 6) is 0.798. The smallest absolute Gasteiger partial charge is 0.310 e. The SMILES string of the molecule is O=C(O)C1CCCC1Oc1ccc2c(c1)OCO2. The van der Waals surface area contributed by atoms with Crippen molar-refractivity contribution in [2.75, 3.05) is 6.79 Å². The fourth-order valence-electron chi connectivity index (χ4n) is 2.47. The predicted octanol–water partition coefficient (Wildman–Crippen LogP) is 2.05. The Hall–Kier alpha value is -1.91. The highest BCUT2D eigenvalue weighted by Gasteiger charge is 2.34. The number of fused-ring (bicyclic) bond motifs is 1. The molecular formula is C13H14O5. The molecule has 0 amide bonds. The topological polar surface area (TPSA) is 65.0 Å². The number of carboxylic acids is 1. The lowest BCUT2D eigenvalue weighted by Gasteiger charge is -2.18. The zero-order valence-corrected chi connectivity index (χ0v) is 9.80. The van der Waals surface area contributed by atoms with E-state index >= 15 is 0 Å². The Morgan fingerprint density at radius 3 is 2.94 bits per heavy atom. The Morgan fingerprint density at radius 1 is 1.28 bits per heavy atom. The first-order chi connectivity index (χ1) is 8.74. The van der Waals surface area contributed by atoms with E-state index in [0.717, 1.165) is 12.8 Å². The molecule has 3 rings (SSSR count). The molecule has 96 valence electrons. The minimum atomic E-state index is -0.779. The molecular weight excluding hydrogens is 236 g/mol. The number of benzene rings is 1. The first-order valence-corrected chi connectivity index (χ1v) is 6.03. The van der Waals surface area contributed by atoms with Crippen molar-refractivity contribution in [3.8, 4) is 17.2 Å². The third-order valence-electron chi connectivity index (χ3n) is 3.40. The van der Waals surface area contributed by atoms with Crippen LogP contribution in [0.15, 0.2) is 18.2 Å². The summed E-state index contributed by atoms with van der Waals surface area (Å²) in [7, 11) is 0. The molecule has 0 spiro atoms. The van der Waals surface area contributed by atoms with Gasteiger partial charge in [0.1, 0.15) is 11.9 Å². The van der Waals surface area contributed by atoms with E-state index in [-0.39, 0.29) is 12.9 Å². The van der Waals surface area contributed by atoms with Gasteiger partial charge in [-0.3, -0.25) is 4.79 Å². The highest BCUT2D eigenvalue weighted by atomic mass is 16.7. The molecule has 1 heterocycles. The van der Waals surface area contributed by atoms with E-state index in [1.807, 2.05) is 0 Å². The van der Waals surface area contributed by atoms with Crippen LogP contribution < -0.4 is 14.2 Å². The molecule has 2 aliphatic rings. The zero-order chi connectivity index (χ0) is 12.5. The lowest BCUT2D eigenvalue weighted by Crippen LogP contribution is -2.27. The summed E-state index contributed by atoms with van der Waals surface area (Å²) in [4.78, 5) is 11.1. The quantitative estimate of drug-likeness (QED) is 0.889. The van der Waals surface area contributed by atoms with Gasteiger partial charge >= 0.3 is 5.97 Å². The molecule has 1 aliphatic carbocycles. The number of ether oxygens (including phenoxy) is 3. The number of carboxylic acid groups (broad SMARTS) is 1. The van der Waals surface area contributed by atoms with Gasteiger partial charge in [-0.25, -0.2) is 0 Å². The second kappa shape index (κ2) is 4.40. The number of hydrogen-bond donors (Lipinski definition) is 1. The summed E-state index contributed by atoms with van der Waals surface area (Å²) in [5.41, 5.74) is 0. The van der Waals surface area contributed by atoms with Crippen LogP contribution in [0.5, 0.6) is 17.2 Å². The average Bonchev–Trinajstić information content (AvgIpc) is 2.96.